The molecule has 16 heavy (non-hydrogen) atoms. The molecule has 1 aromatic rings. The van der Waals surface area contributed by atoms with Crippen molar-refractivity contribution >= 4 is 17.7 Å². The van der Waals surface area contributed by atoms with Crippen LogP contribution in [0.2, 0.25) is 0 Å². The molecule has 0 aliphatic heterocycles. The molecule has 1 amide bonds. The first-order chi connectivity index (χ1) is 7.49. The van der Waals surface area contributed by atoms with E-state index in [9.17, 15) is 4.79 Å². The minimum Gasteiger partial charge on any atom is -0.368 e. The number of nitrogens with two attached hydrogens (primary N) is 2. The third kappa shape index (κ3) is 4.16. The summed E-state index contributed by atoms with van der Waals surface area (Å²) >= 11 is 1.48. The van der Waals surface area contributed by atoms with Gasteiger partial charge in [0.05, 0.1) is 6.04 Å². The number of hydrogen-bond acceptors (Lipinski definition) is 5. The van der Waals surface area contributed by atoms with Gasteiger partial charge in [-0.05, 0) is 26.3 Å². The van der Waals surface area contributed by atoms with Crippen molar-refractivity contribution in [2.24, 2.45) is 11.5 Å². The van der Waals surface area contributed by atoms with Crippen LogP contribution in [0.5, 0.6) is 0 Å². The molecule has 1 aromatic heterocycles. The molecule has 0 saturated heterocycles. The smallest absolute Gasteiger partial charge is 0.234 e. The molecule has 1 atom stereocenters. The molecule has 0 saturated carbocycles. The maximum Gasteiger partial charge on any atom is 0.234 e. The molecule has 4 N–H and O–H groups in total. The monoisotopic (exact) mass is 240 g/mol. The van der Waals surface area contributed by atoms with E-state index in [1.807, 2.05) is 19.9 Å². The van der Waals surface area contributed by atoms with E-state index >= 15 is 0 Å². The number of nitrogens with zero attached hydrogens (tertiary/aromatic N) is 2. The Hall–Kier alpha value is -1.14. The molecule has 1 rings (SSSR count). The van der Waals surface area contributed by atoms with Crippen molar-refractivity contribution in [1.82, 2.24) is 9.97 Å². The zero-order chi connectivity index (χ0) is 12.1. The van der Waals surface area contributed by atoms with Gasteiger partial charge in [-0.25, -0.2) is 9.97 Å². The average molecular weight is 240 g/mol. The van der Waals surface area contributed by atoms with E-state index in [2.05, 4.69) is 9.97 Å². The van der Waals surface area contributed by atoms with Gasteiger partial charge in [-0.15, -0.1) is 0 Å². The molecular formula is C10H16N4OS. The topological polar surface area (TPSA) is 94.9 Å². The van der Waals surface area contributed by atoms with Gasteiger partial charge in [0.2, 0.25) is 5.91 Å². The van der Waals surface area contributed by atoms with Gasteiger partial charge in [0.25, 0.3) is 0 Å². The number of hydrogen-bond donors (Lipinski definition) is 2. The van der Waals surface area contributed by atoms with Crippen LogP contribution in [0.4, 0.5) is 0 Å². The molecule has 6 heteroatoms. The van der Waals surface area contributed by atoms with Gasteiger partial charge in [0.15, 0.2) is 5.16 Å². The van der Waals surface area contributed by atoms with Crippen LogP contribution < -0.4 is 11.5 Å². The van der Waals surface area contributed by atoms with Gasteiger partial charge in [0, 0.05) is 17.1 Å². The van der Waals surface area contributed by atoms with Crippen LogP contribution in [0.15, 0.2) is 11.2 Å². The highest BCUT2D eigenvalue weighted by Gasteiger charge is 2.09. The number of rotatable bonds is 5. The second-order valence-electron chi connectivity index (χ2n) is 3.58. The number of aromatic nitrogens is 2. The highest BCUT2D eigenvalue weighted by Crippen LogP contribution is 2.15. The average Bonchev–Trinajstić information content (AvgIpc) is 2.15. The van der Waals surface area contributed by atoms with Crippen LogP contribution >= 0.6 is 11.8 Å². The van der Waals surface area contributed by atoms with E-state index in [4.69, 9.17) is 11.5 Å². The quantitative estimate of drug-likeness (QED) is 0.573. The number of amides is 1. The van der Waals surface area contributed by atoms with Gasteiger partial charge >= 0.3 is 0 Å². The normalized spacial score (nSPS) is 12.4. The zero-order valence-corrected chi connectivity index (χ0v) is 10.3. The van der Waals surface area contributed by atoms with Gasteiger partial charge in [-0.1, -0.05) is 11.8 Å². The lowest BCUT2D eigenvalue weighted by Gasteiger charge is -2.06. The molecule has 0 aliphatic rings. The Labute approximate surface area is 99.0 Å². The molecule has 0 radical (unpaired) electrons. The SMILES string of the molecule is Cc1cc(C)nc(SCCC(N)C(N)=O)n1. The fraction of sp³-hybridized carbons (Fsp3) is 0.500. The van der Waals surface area contributed by atoms with Crippen LogP contribution in [0.3, 0.4) is 0 Å². The molecule has 1 heterocycles. The summed E-state index contributed by atoms with van der Waals surface area (Å²) in [7, 11) is 0. The molecule has 0 spiro atoms. The second-order valence-corrected chi connectivity index (χ2v) is 4.64. The van der Waals surface area contributed by atoms with Crippen molar-refractivity contribution < 1.29 is 4.79 Å². The second kappa shape index (κ2) is 5.81. The summed E-state index contributed by atoms with van der Waals surface area (Å²) in [5, 5.41) is 0.717. The van der Waals surface area contributed by atoms with Crippen LogP contribution in [-0.4, -0.2) is 27.7 Å². The summed E-state index contributed by atoms with van der Waals surface area (Å²) < 4.78 is 0. The molecule has 5 nitrogen and oxygen atoms in total. The summed E-state index contributed by atoms with van der Waals surface area (Å²) in [6.07, 6.45) is 0.538. The van der Waals surface area contributed by atoms with E-state index in [1.165, 1.54) is 11.8 Å². The Morgan fingerprint density at radius 3 is 2.50 bits per heavy atom. The van der Waals surface area contributed by atoms with Gasteiger partial charge in [-0.3, -0.25) is 4.79 Å². The van der Waals surface area contributed by atoms with Gasteiger partial charge in [0.1, 0.15) is 0 Å². The van der Waals surface area contributed by atoms with Crippen molar-refractivity contribution in [2.45, 2.75) is 31.5 Å². The standard InChI is InChI=1S/C10H16N4OS/c1-6-5-7(2)14-10(13-6)16-4-3-8(11)9(12)15/h5,8H,3-4,11H2,1-2H3,(H2,12,15). The number of carbonyl (C=O) groups excluding carboxylic acids is 1. The zero-order valence-electron chi connectivity index (χ0n) is 9.43. The number of aryl methyl sites for hydroxylation is 2. The lowest BCUT2D eigenvalue weighted by atomic mass is 10.2. The first-order valence-corrected chi connectivity index (χ1v) is 5.97. The fourth-order valence-corrected chi connectivity index (χ4v) is 2.15. The number of carbonyl (C=O) groups is 1. The predicted molar refractivity (Wildman–Crippen MR) is 64.0 cm³/mol. The maximum absolute atomic E-state index is 10.7. The Morgan fingerprint density at radius 1 is 1.44 bits per heavy atom. The third-order valence-corrected chi connectivity index (χ3v) is 2.87. The van der Waals surface area contributed by atoms with E-state index in [0.29, 0.717) is 17.3 Å². The van der Waals surface area contributed by atoms with E-state index in [-0.39, 0.29) is 0 Å². The Kier molecular flexibility index (Phi) is 4.70. The van der Waals surface area contributed by atoms with Gasteiger partial charge < -0.3 is 11.5 Å². The fourth-order valence-electron chi connectivity index (χ4n) is 1.18. The van der Waals surface area contributed by atoms with Crippen LogP contribution in [0, 0.1) is 13.8 Å². The summed E-state index contributed by atoms with van der Waals surface area (Å²) in [6, 6.07) is 1.33. The van der Waals surface area contributed by atoms with Crippen LogP contribution in [-0.2, 0) is 4.79 Å². The third-order valence-electron chi connectivity index (χ3n) is 1.99. The summed E-state index contributed by atoms with van der Waals surface area (Å²) in [5.41, 5.74) is 12.4. The van der Waals surface area contributed by atoms with E-state index in [1.54, 1.807) is 0 Å². The summed E-state index contributed by atoms with van der Waals surface area (Å²) in [6.45, 7) is 3.85. The lowest BCUT2D eigenvalue weighted by molar-refractivity contribution is -0.119. The molecule has 88 valence electrons. The Morgan fingerprint density at radius 2 is 2.00 bits per heavy atom. The highest BCUT2D eigenvalue weighted by molar-refractivity contribution is 7.99. The van der Waals surface area contributed by atoms with Crippen molar-refractivity contribution in [2.75, 3.05) is 5.75 Å². The maximum atomic E-state index is 10.7. The molecule has 0 bridgehead atoms. The number of thioether (sulfide) groups is 1. The molecule has 0 aliphatic carbocycles. The van der Waals surface area contributed by atoms with Gasteiger partial charge in [-0.2, -0.15) is 0 Å². The van der Waals surface area contributed by atoms with Crippen LogP contribution in [0.1, 0.15) is 17.8 Å². The summed E-state index contributed by atoms with van der Waals surface area (Å²) in [5.74, 6) is 0.217. The molecule has 0 fully saturated rings. The Balaban J connectivity index is 2.46. The number of primary amides is 1. The highest BCUT2D eigenvalue weighted by atomic mass is 32.2. The largest absolute Gasteiger partial charge is 0.368 e. The van der Waals surface area contributed by atoms with Crippen molar-refractivity contribution in [1.29, 1.82) is 0 Å². The predicted octanol–water partition coefficient (Wildman–Crippen LogP) is 0.388. The minimum absolute atomic E-state index is 0.470. The lowest BCUT2D eigenvalue weighted by Crippen LogP contribution is -2.36. The minimum atomic E-state index is -0.585. The summed E-state index contributed by atoms with van der Waals surface area (Å²) in [4.78, 5) is 19.2. The van der Waals surface area contributed by atoms with E-state index < -0.39 is 11.9 Å². The first-order valence-electron chi connectivity index (χ1n) is 4.99. The van der Waals surface area contributed by atoms with Crippen molar-refractivity contribution in [3.8, 4) is 0 Å². The molecular weight excluding hydrogens is 224 g/mol. The first kappa shape index (κ1) is 12.9. The van der Waals surface area contributed by atoms with Crippen LogP contribution in [0.25, 0.3) is 0 Å². The Bertz CT molecular complexity index is 363. The van der Waals surface area contributed by atoms with E-state index in [0.717, 1.165) is 11.4 Å². The van der Waals surface area contributed by atoms with Crippen molar-refractivity contribution in [3.63, 3.8) is 0 Å². The molecule has 1 unspecified atom stereocenters. The van der Waals surface area contributed by atoms with Crippen molar-refractivity contribution in [3.05, 3.63) is 17.5 Å². The molecule has 0 aromatic carbocycles.